The molecule has 0 bridgehead atoms. The average Bonchev–Trinajstić information content (AvgIpc) is 2.53. The molecule has 3 N–H and O–H groups in total. The number of nitrogens with two attached hydrogens (primary N) is 1. The summed E-state index contributed by atoms with van der Waals surface area (Å²) >= 11 is 0. The van der Waals surface area contributed by atoms with Crippen LogP contribution in [0.25, 0.3) is 0 Å². The molecular weight excluding hydrogens is 327 g/mol. The lowest BCUT2D eigenvalue weighted by molar-refractivity contribution is -0.106. The summed E-state index contributed by atoms with van der Waals surface area (Å²) in [7, 11) is 0. The van der Waals surface area contributed by atoms with Crippen molar-refractivity contribution in [2.45, 2.75) is 12.0 Å². The highest BCUT2D eigenvalue weighted by molar-refractivity contribution is 5.93. The summed E-state index contributed by atoms with van der Waals surface area (Å²) in [5, 5.41) is 9.47. The summed E-state index contributed by atoms with van der Waals surface area (Å²) in [6.07, 6.45) is -1.96. The number of primary amides is 1. The third kappa shape index (κ3) is 2.26. The van der Waals surface area contributed by atoms with Gasteiger partial charge < -0.3 is 15.6 Å². The van der Waals surface area contributed by atoms with Crippen molar-refractivity contribution in [3.8, 4) is 5.75 Å². The Bertz CT molecular complexity index is 919. The Hall–Kier alpha value is -3.05. The number of hydrogen-bond acceptors (Lipinski definition) is 4. The van der Waals surface area contributed by atoms with Gasteiger partial charge in [0.2, 0.25) is 5.91 Å². The summed E-state index contributed by atoms with van der Waals surface area (Å²) in [6, 6.07) is 2.89. The number of carbonyl (C=O) groups excluding carboxylic acids is 2. The lowest BCUT2D eigenvalue weighted by atomic mass is 9.74. The smallest absolute Gasteiger partial charge is 0.310 e. The maximum Gasteiger partial charge on any atom is 0.310 e. The molecule has 5 nitrogen and oxygen atoms in total. The number of benzene rings is 1. The average molecular weight is 335 g/mol. The molecule has 0 saturated heterocycles. The van der Waals surface area contributed by atoms with Gasteiger partial charge in [0, 0.05) is 17.2 Å². The number of aldehydes is 1. The number of rotatable bonds is 4. The monoisotopic (exact) mass is 335 g/mol. The summed E-state index contributed by atoms with van der Waals surface area (Å²) in [5.41, 5.74) is 7.89. The van der Waals surface area contributed by atoms with E-state index in [0.29, 0.717) is 0 Å². The first-order valence-corrected chi connectivity index (χ1v) is 6.56. The van der Waals surface area contributed by atoms with Gasteiger partial charge in [-0.15, -0.1) is 0 Å². The quantitative estimate of drug-likeness (QED) is 0.643. The van der Waals surface area contributed by atoms with Crippen LogP contribution in [0.4, 0.5) is 13.2 Å². The van der Waals surface area contributed by atoms with Gasteiger partial charge >= 0.3 is 5.92 Å². The molecule has 24 heavy (non-hydrogen) atoms. The van der Waals surface area contributed by atoms with Crippen molar-refractivity contribution in [1.82, 2.24) is 0 Å². The topological polar surface area (TPSA) is 89.6 Å². The summed E-state index contributed by atoms with van der Waals surface area (Å²) in [6.45, 7) is 0. The maximum absolute atomic E-state index is 13.5. The van der Waals surface area contributed by atoms with Crippen molar-refractivity contribution in [3.63, 3.8) is 0 Å². The number of alkyl halides is 2. The Morgan fingerprint density at radius 2 is 2.04 bits per heavy atom. The lowest BCUT2D eigenvalue weighted by Gasteiger charge is -2.38. The first kappa shape index (κ1) is 15.8. The van der Waals surface area contributed by atoms with E-state index >= 15 is 0 Å². The predicted molar refractivity (Wildman–Crippen MR) is 73.6 cm³/mol. The van der Waals surface area contributed by atoms with Crippen LogP contribution in [0.1, 0.15) is 10.4 Å². The zero-order valence-corrected chi connectivity index (χ0v) is 11.8. The molecule has 1 unspecified atom stereocenters. The Kier molecular flexibility index (Phi) is 3.46. The van der Waals surface area contributed by atoms with Gasteiger partial charge in [-0.1, -0.05) is 5.73 Å². The Balaban J connectivity index is 2.06. The molecule has 0 radical (unpaired) electrons. The van der Waals surface area contributed by atoms with E-state index in [9.17, 15) is 27.9 Å². The van der Waals surface area contributed by atoms with Gasteiger partial charge in [-0.05, 0) is 17.9 Å². The number of hydrogen-bond donors (Lipinski definition) is 2. The van der Waals surface area contributed by atoms with Gasteiger partial charge in [0.25, 0.3) is 0 Å². The third-order valence-electron chi connectivity index (χ3n) is 3.55. The van der Waals surface area contributed by atoms with Crippen molar-refractivity contribution in [3.05, 3.63) is 63.5 Å². The van der Waals surface area contributed by atoms with Crippen molar-refractivity contribution in [1.29, 1.82) is 0 Å². The van der Waals surface area contributed by atoms with E-state index in [-0.39, 0.29) is 34.5 Å². The van der Waals surface area contributed by atoms with Crippen LogP contribution in [0.2, 0.25) is 0 Å². The van der Waals surface area contributed by atoms with Crippen LogP contribution >= 0.6 is 0 Å². The zero-order chi connectivity index (χ0) is 17.6. The standard InChI is InChI=1S/C16H8F3NO4/c17-8-3-7(15(20)23)4-9(5-8)24-12-2-1-11-13(10(12)6-21)14(22)16(11,18)19/h3-6,14,22H,(H2,20,23). The van der Waals surface area contributed by atoms with Crippen LogP contribution in [0.15, 0.2) is 52.1 Å². The number of aliphatic hydroxyl groups excluding tert-OH is 1. The third-order valence-corrected chi connectivity index (χ3v) is 3.55. The Labute approximate surface area is 132 Å². The van der Waals surface area contributed by atoms with Gasteiger partial charge in [0.05, 0.1) is 11.1 Å². The second kappa shape index (κ2) is 5.25. The highest BCUT2D eigenvalue weighted by Crippen LogP contribution is 2.50. The Morgan fingerprint density at radius 1 is 1.33 bits per heavy atom. The van der Waals surface area contributed by atoms with Crippen LogP contribution in [0.3, 0.4) is 0 Å². The fourth-order valence-electron chi connectivity index (χ4n) is 2.38. The SMILES string of the molecule is NC(=O)c1cc(F)cc(OC2=C=C=C3C(=C2C=O)C(O)C3(F)F)c1. The molecule has 1 fully saturated rings. The number of carbonyl (C=O) groups is 2. The van der Waals surface area contributed by atoms with E-state index in [4.69, 9.17) is 10.5 Å². The van der Waals surface area contributed by atoms with Crippen LogP contribution in [0.5, 0.6) is 5.75 Å². The second-order valence-corrected chi connectivity index (χ2v) is 5.07. The number of aliphatic hydroxyl groups is 1. The molecule has 0 aliphatic heterocycles. The van der Waals surface area contributed by atoms with Crippen LogP contribution < -0.4 is 10.5 Å². The number of allylic oxidation sites excluding steroid dienone is 1. The molecule has 122 valence electrons. The van der Waals surface area contributed by atoms with Crippen LogP contribution in [-0.4, -0.2) is 29.3 Å². The van der Waals surface area contributed by atoms with Crippen molar-refractivity contribution in [2.24, 2.45) is 5.73 Å². The van der Waals surface area contributed by atoms with E-state index in [1.165, 1.54) is 0 Å². The fourth-order valence-corrected chi connectivity index (χ4v) is 2.38. The van der Waals surface area contributed by atoms with E-state index in [0.717, 1.165) is 18.2 Å². The number of amides is 1. The van der Waals surface area contributed by atoms with Crippen molar-refractivity contribution >= 4 is 12.2 Å². The summed E-state index contributed by atoms with van der Waals surface area (Å²) in [4.78, 5) is 22.3. The van der Waals surface area contributed by atoms with Crippen LogP contribution in [0, 0.1) is 5.82 Å². The molecule has 1 aromatic carbocycles. The van der Waals surface area contributed by atoms with Gasteiger partial charge in [0.1, 0.15) is 17.7 Å². The van der Waals surface area contributed by atoms with Gasteiger partial charge in [-0.2, -0.15) is 8.78 Å². The molecule has 2 aliphatic rings. The first-order chi connectivity index (χ1) is 11.3. The Morgan fingerprint density at radius 3 is 2.67 bits per heavy atom. The van der Waals surface area contributed by atoms with E-state index in [1.807, 2.05) is 0 Å². The zero-order valence-electron chi connectivity index (χ0n) is 11.8. The molecule has 1 amide bonds. The van der Waals surface area contributed by atoms with Gasteiger partial charge in [-0.25, -0.2) is 4.39 Å². The largest absolute Gasteiger partial charge is 0.447 e. The molecular formula is C16H8F3NO4. The highest BCUT2D eigenvalue weighted by atomic mass is 19.3. The van der Waals surface area contributed by atoms with Gasteiger partial charge in [0.15, 0.2) is 12.0 Å². The van der Waals surface area contributed by atoms with Crippen molar-refractivity contribution < 1.29 is 32.6 Å². The fraction of sp³-hybridized carbons (Fsp3) is 0.125. The molecule has 3 rings (SSSR count). The minimum absolute atomic E-state index is 0.183. The molecule has 1 saturated carbocycles. The van der Waals surface area contributed by atoms with Crippen LogP contribution in [-0.2, 0) is 4.79 Å². The van der Waals surface area contributed by atoms with Crippen molar-refractivity contribution in [2.75, 3.05) is 0 Å². The molecule has 0 heterocycles. The molecule has 2 aliphatic carbocycles. The molecule has 8 heteroatoms. The summed E-state index contributed by atoms with van der Waals surface area (Å²) < 4.78 is 45.6. The number of ether oxygens (including phenoxy) is 1. The molecule has 1 aromatic rings. The predicted octanol–water partition coefficient (Wildman–Crippen LogP) is 1.39. The molecule has 0 spiro atoms. The normalized spacial score (nSPS) is 20.6. The number of fused-ring (bicyclic) bond motifs is 1. The van der Waals surface area contributed by atoms with E-state index < -0.39 is 29.3 Å². The minimum atomic E-state index is -3.53. The van der Waals surface area contributed by atoms with E-state index in [1.54, 1.807) is 0 Å². The highest BCUT2D eigenvalue weighted by Gasteiger charge is 2.59. The lowest BCUT2D eigenvalue weighted by Crippen LogP contribution is -2.50. The number of halogens is 3. The minimum Gasteiger partial charge on any atom is -0.447 e. The first-order valence-electron chi connectivity index (χ1n) is 6.56. The maximum atomic E-state index is 13.5. The molecule has 1 atom stereocenters. The molecule has 0 aromatic heterocycles. The summed E-state index contributed by atoms with van der Waals surface area (Å²) in [5.74, 6) is -5.79. The van der Waals surface area contributed by atoms with Gasteiger partial charge in [-0.3, -0.25) is 9.59 Å². The van der Waals surface area contributed by atoms with E-state index in [2.05, 4.69) is 11.5 Å². The second-order valence-electron chi connectivity index (χ2n) is 5.07.